The van der Waals surface area contributed by atoms with Crippen LogP contribution in [0.15, 0.2) is 6.33 Å². The number of nitrogens with zero attached hydrogens (tertiary/aromatic N) is 5. The van der Waals surface area contributed by atoms with Gasteiger partial charge in [0.2, 0.25) is 5.82 Å². The number of hydrogen-bond donors (Lipinski definition) is 0. The number of fused-ring (bicyclic) bond motifs is 5. The molecule has 1 saturated heterocycles. The molecule has 0 unspecified atom stereocenters. The van der Waals surface area contributed by atoms with Crippen LogP contribution in [0.1, 0.15) is 54.7 Å². The standard InChI is InChI=1S/C19H23N5O2S/c1-11-5-4-6-23(8-11)18(25)15-21-16-14-12-7-19(2,3)26-9-13(12)27-17(14)20-10-24(16)22-15/h10-11H,4-9H2,1-3H3/t11-/m0/s1. The maximum atomic E-state index is 12.9. The fourth-order valence-electron chi connectivity index (χ4n) is 4.15. The van der Waals surface area contributed by atoms with E-state index in [-0.39, 0.29) is 17.3 Å². The van der Waals surface area contributed by atoms with Crippen molar-refractivity contribution in [2.75, 3.05) is 13.1 Å². The number of likely N-dealkylation sites (tertiary alicyclic amines) is 1. The molecule has 1 atom stereocenters. The summed E-state index contributed by atoms with van der Waals surface area (Å²) in [6, 6.07) is 0. The monoisotopic (exact) mass is 385 g/mol. The van der Waals surface area contributed by atoms with Crippen LogP contribution in [0.5, 0.6) is 0 Å². The normalized spacial score (nSPS) is 22.3. The summed E-state index contributed by atoms with van der Waals surface area (Å²) in [7, 11) is 0. The van der Waals surface area contributed by atoms with Crippen molar-refractivity contribution in [3.63, 3.8) is 0 Å². The fourth-order valence-corrected chi connectivity index (χ4v) is 5.21. The van der Waals surface area contributed by atoms with Gasteiger partial charge in [-0.15, -0.1) is 16.4 Å². The van der Waals surface area contributed by atoms with Crippen LogP contribution in [-0.4, -0.2) is 49.1 Å². The quantitative estimate of drug-likeness (QED) is 0.644. The van der Waals surface area contributed by atoms with Gasteiger partial charge in [0.25, 0.3) is 5.91 Å². The maximum Gasteiger partial charge on any atom is 0.293 e. The predicted molar refractivity (Wildman–Crippen MR) is 103 cm³/mol. The molecule has 1 amide bonds. The minimum Gasteiger partial charge on any atom is -0.370 e. The number of ether oxygens (including phenoxy) is 1. The largest absolute Gasteiger partial charge is 0.370 e. The van der Waals surface area contributed by atoms with Crippen molar-refractivity contribution < 1.29 is 9.53 Å². The molecule has 3 aromatic rings. The van der Waals surface area contributed by atoms with Crippen LogP contribution in [0.2, 0.25) is 0 Å². The van der Waals surface area contributed by atoms with E-state index >= 15 is 0 Å². The smallest absolute Gasteiger partial charge is 0.293 e. The van der Waals surface area contributed by atoms with Crippen LogP contribution < -0.4 is 0 Å². The summed E-state index contributed by atoms with van der Waals surface area (Å²) < 4.78 is 7.60. The first kappa shape index (κ1) is 17.1. The lowest BCUT2D eigenvalue weighted by molar-refractivity contribution is -0.0379. The number of aromatic nitrogens is 4. The molecule has 0 spiro atoms. The molecule has 5 heterocycles. The minimum atomic E-state index is -0.212. The van der Waals surface area contributed by atoms with E-state index in [1.807, 2.05) is 4.90 Å². The fraction of sp³-hybridized carbons (Fsp3) is 0.579. The summed E-state index contributed by atoms with van der Waals surface area (Å²) in [6.07, 6.45) is 4.68. The van der Waals surface area contributed by atoms with E-state index in [2.05, 4.69) is 35.8 Å². The Morgan fingerprint density at radius 1 is 1.41 bits per heavy atom. The molecule has 0 aliphatic carbocycles. The molecule has 0 radical (unpaired) electrons. The van der Waals surface area contributed by atoms with Gasteiger partial charge in [0, 0.05) is 24.4 Å². The summed E-state index contributed by atoms with van der Waals surface area (Å²) in [5, 5.41) is 5.47. The first-order chi connectivity index (χ1) is 12.9. The highest BCUT2D eigenvalue weighted by atomic mass is 32.1. The molecule has 1 fully saturated rings. The van der Waals surface area contributed by atoms with Gasteiger partial charge in [0.15, 0.2) is 5.65 Å². The summed E-state index contributed by atoms with van der Waals surface area (Å²) >= 11 is 1.65. The van der Waals surface area contributed by atoms with Gasteiger partial charge >= 0.3 is 0 Å². The van der Waals surface area contributed by atoms with Gasteiger partial charge in [-0.1, -0.05) is 6.92 Å². The minimum absolute atomic E-state index is 0.0776. The molecule has 0 bridgehead atoms. The second-order valence-electron chi connectivity index (χ2n) is 8.36. The van der Waals surface area contributed by atoms with Gasteiger partial charge in [-0.3, -0.25) is 4.79 Å². The van der Waals surface area contributed by atoms with Crippen LogP contribution in [0.25, 0.3) is 15.9 Å². The summed E-state index contributed by atoms with van der Waals surface area (Å²) in [5.74, 6) is 0.718. The zero-order valence-electron chi connectivity index (χ0n) is 15.9. The Balaban J connectivity index is 1.60. The summed E-state index contributed by atoms with van der Waals surface area (Å²) in [4.78, 5) is 26.2. The van der Waals surface area contributed by atoms with Crippen molar-refractivity contribution in [2.45, 2.75) is 52.2 Å². The van der Waals surface area contributed by atoms with Crippen molar-refractivity contribution in [3.05, 3.63) is 22.6 Å². The second-order valence-corrected chi connectivity index (χ2v) is 9.44. The van der Waals surface area contributed by atoms with Gasteiger partial charge in [-0.25, -0.2) is 14.5 Å². The number of amides is 1. The van der Waals surface area contributed by atoms with Crippen LogP contribution in [0.4, 0.5) is 0 Å². The van der Waals surface area contributed by atoms with Crippen LogP contribution in [-0.2, 0) is 17.8 Å². The Bertz CT molecular complexity index is 1050. The molecular weight excluding hydrogens is 362 g/mol. The van der Waals surface area contributed by atoms with Crippen LogP contribution >= 0.6 is 11.3 Å². The van der Waals surface area contributed by atoms with Crippen LogP contribution in [0.3, 0.4) is 0 Å². The lowest BCUT2D eigenvalue weighted by Crippen LogP contribution is -2.39. The van der Waals surface area contributed by atoms with E-state index in [0.29, 0.717) is 12.5 Å². The Hall–Kier alpha value is -2.06. The third-order valence-corrected chi connectivity index (χ3v) is 6.66. The lowest BCUT2D eigenvalue weighted by atomic mass is 9.94. The molecule has 8 heteroatoms. The average molecular weight is 385 g/mol. The Morgan fingerprint density at radius 3 is 3.07 bits per heavy atom. The topological polar surface area (TPSA) is 72.6 Å². The molecule has 5 rings (SSSR count). The molecule has 2 aliphatic rings. The predicted octanol–water partition coefficient (Wildman–Crippen LogP) is 3.06. The van der Waals surface area contributed by atoms with E-state index in [4.69, 9.17) is 4.74 Å². The van der Waals surface area contributed by atoms with Crippen molar-refractivity contribution in [2.24, 2.45) is 5.92 Å². The first-order valence-corrected chi connectivity index (χ1v) is 10.3. The van der Waals surface area contributed by atoms with Crippen molar-refractivity contribution in [1.82, 2.24) is 24.5 Å². The SMILES string of the molecule is C[C@H]1CCCN(C(=O)c2nc3c4c5c(sc4ncn3n2)COC(C)(C)C5)C1. The number of carbonyl (C=O) groups is 1. The van der Waals surface area contributed by atoms with Gasteiger partial charge < -0.3 is 9.64 Å². The molecule has 27 heavy (non-hydrogen) atoms. The van der Waals surface area contributed by atoms with Crippen molar-refractivity contribution in [3.8, 4) is 0 Å². The molecule has 0 saturated carbocycles. The van der Waals surface area contributed by atoms with Crippen LogP contribution in [0, 0.1) is 5.92 Å². The number of hydrogen-bond acceptors (Lipinski definition) is 6. The van der Waals surface area contributed by atoms with Crippen molar-refractivity contribution >= 4 is 33.1 Å². The highest BCUT2D eigenvalue weighted by molar-refractivity contribution is 7.19. The van der Waals surface area contributed by atoms with Gasteiger partial charge in [-0.05, 0) is 38.2 Å². The molecule has 7 nitrogen and oxygen atoms in total. The zero-order chi connectivity index (χ0) is 18.8. The van der Waals surface area contributed by atoms with Gasteiger partial charge in [0.05, 0.1) is 17.6 Å². The highest BCUT2D eigenvalue weighted by Crippen LogP contribution is 2.39. The molecule has 3 aromatic heterocycles. The number of piperidine rings is 1. The number of rotatable bonds is 1. The van der Waals surface area contributed by atoms with E-state index < -0.39 is 0 Å². The maximum absolute atomic E-state index is 12.9. The summed E-state index contributed by atoms with van der Waals surface area (Å²) in [5.41, 5.74) is 1.75. The number of thiophene rings is 1. The first-order valence-electron chi connectivity index (χ1n) is 9.50. The van der Waals surface area contributed by atoms with E-state index in [0.717, 1.165) is 41.8 Å². The summed E-state index contributed by atoms with van der Waals surface area (Å²) in [6.45, 7) is 8.55. The molecule has 142 valence electrons. The zero-order valence-corrected chi connectivity index (χ0v) is 16.7. The van der Waals surface area contributed by atoms with E-state index in [1.54, 1.807) is 22.2 Å². The van der Waals surface area contributed by atoms with Gasteiger partial charge in [-0.2, -0.15) is 0 Å². The molecule has 0 aromatic carbocycles. The third kappa shape index (κ3) is 2.82. The Labute approximate surface area is 161 Å². The van der Waals surface area contributed by atoms with E-state index in [1.165, 1.54) is 16.9 Å². The third-order valence-electron chi connectivity index (χ3n) is 5.54. The van der Waals surface area contributed by atoms with E-state index in [9.17, 15) is 4.79 Å². The lowest BCUT2D eigenvalue weighted by Gasteiger charge is -2.30. The highest BCUT2D eigenvalue weighted by Gasteiger charge is 2.31. The van der Waals surface area contributed by atoms with Gasteiger partial charge in [0.1, 0.15) is 11.2 Å². The molecule has 2 aliphatic heterocycles. The van der Waals surface area contributed by atoms with Crippen molar-refractivity contribution in [1.29, 1.82) is 0 Å². The Morgan fingerprint density at radius 2 is 2.26 bits per heavy atom. The number of carbonyl (C=O) groups excluding carboxylic acids is 1. The molecule has 0 N–H and O–H groups in total. The second kappa shape index (κ2) is 5.97. The average Bonchev–Trinajstić information content (AvgIpc) is 3.20. The molecular formula is C19H23N5O2S. The Kier molecular flexibility index (Phi) is 3.77.